The zero-order chi connectivity index (χ0) is 10.7. The minimum atomic E-state index is -1.03. The monoisotopic (exact) mass is 200 g/mol. The molecule has 0 amide bonds. The molecule has 2 N–H and O–H groups in total. The molecule has 0 aliphatic heterocycles. The topological polar surface area (TPSA) is 76.0 Å². The first kappa shape index (κ1) is 10.6. The molecule has 0 radical (unpaired) electrons. The van der Waals surface area contributed by atoms with Gasteiger partial charge in [-0.15, -0.1) is 0 Å². The summed E-state index contributed by atoms with van der Waals surface area (Å²) in [4.78, 5) is 10.7. The molecule has 1 unspecified atom stereocenters. The number of hydrogen-bond donors (Lipinski definition) is 2. The van der Waals surface area contributed by atoms with Gasteiger partial charge in [-0.1, -0.05) is 0 Å². The second-order valence-corrected chi connectivity index (χ2v) is 2.86. The second kappa shape index (κ2) is 4.15. The van der Waals surface area contributed by atoms with E-state index in [0.717, 1.165) is 0 Å². The molecule has 5 heteroatoms. The average molecular weight is 200 g/mol. The standard InChI is InChI=1S/C9H12O5/c1-13-6-3-5(9(11)12)4-7(14-2)8(6)10/h3,7,10H,4H2,1-2H3,(H,11,12). The Labute approximate surface area is 81.3 Å². The van der Waals surface area contributed by atoms with Crippen LogP contribution in [0.1, 0.15) is 6.42 Å². The first-order valence-corrected chi connectivity index (χ1v) is 4.04. The SMILES string of the molecule is COC1=C(O)C(OC)CC(C(=O)O)=C1. The van der Waals surface area contributed by atoms with Crippen molar-refractivity contribution in [2.75, 3.05) is 14.2 Å². The molecule has 0 fully saturated rings. The molecular weight excluding hydrogens is 188 g/mol. The van der Waals surface area contributed by atoms with Gasteiger partial charge in [-0.3, -0.25) is 0 Å². The van der Waals surface area contributed by atoms with Gasteiger partial charge in [0.15, 0.2) is 11.5 Å². The number of carboxylic acids is 1. The van der Waals surface area contributed by atoms with Crippen molar-refractivity contribution in [3.63, 3.8) is 0 Å². The van der Waals surface area contributed by atoms with Crippen LogP contribution in [0.3, 0.4) is 0 Å². The van der Waals surface area contributed by atoms with Crippen molar-refractivity contribution in [2.24, 2.45) is 0 Å². The molecule has 5 nitrogen and oxygen atoms in total. The minimum absolute atomic E-state index is 0.0694. The van der Waals surface area contributed by atoms with Crippen molar-refractivity contribution < 1.29 is 24.5 Å². The summed E-state index contributed by atoms with van der Waals surface area (Å²) >= 11 is 0. The molecule has 1 aliphatic carbocycles. The van der Waals surface area contributed by atoms with Gasteiger partial charge in [0.05, 0.1) is 7.11 Å². The number of aliphatic carboxylic acids is 1. The van der Waals surface area contributed by atoms with E-state index in [1.807, 2.05) is 0 Å². The van der Waals surface area contributed by atoms with E-state index >= 15 is 0 Å². The molecule has 78 valence electrons. The van der Waals surface area contributed by atoms with Crippen LogP contribution in [0.4, 0.5) is 0 Å². The van der Waals surface area contributed by atoms with Crippen molar-refractivity contribution in [3.8, 4) is 0 Å². The lowest BCUT2D eigenvalue weighted by atomic mass is 10.00. The fourth-order valence-electron chi connectivity index (χ4n) is 1.25. The number of rotatable bonds is 3. The summed E-state index contributed by atoms with van der Waals surface area (Å²) in [6.45, 7) is 0. The molecule has 0 bridgehead atoms. The highest BCUT2D eigenvalue weighted by Crippen LogP contribution is 2.25. The number of hydrogen-bond acceptors (Lipinski definition) is 4. The Kier molecular flexibility index (Phi) is 3.14. The smallest absolute Gasteiger partial charge is 0.331 e. The predicted octanol–water partition coefficient (Wildman–Crippen LogP) is 0.832. The summed E-state index contributed by atoms with van der Waals surface area (Å²) < 4.78 is 9.75. The summed E-state index contributed by atoms with van der Waals surface area (Å²) in [5.41, 5.74) is 0.159. The summed E-state index contributed by atoms with van der Waals surface area (Å²) in [7, 11) is 2.76. The Balaban J connectivity index is 3.02. The summed E-state index contributed by atoms with van der Waals surface area (Å²) in [5, 5.41) is 18.3. The van der Waals surface area contributed by atoms with Crippen LogP contribution in [0.25, 0.3) is 0 Å². The highest BCUT2D eigenvalue weighted by Gasteiger charge is 2.27. The molecule has 0 aromatic rings. The van der Waals surface area contributed by atoms with E-state index < -0.39 is 12.1 Å². The highest BCUT2D eigenvalue weighted by molar-refractivity contribution is 5.87. The number of carboxylic acid groups (broad SMARTS) is 1. The number of carbonyl (C=O) groups is 1. The summed E-state index contributed by atoms with van der Waals surface area (Å²) in [6.07, 6.45) is 0.804. The Hall–Kier alpha value is -1.49. The minimum Gasteiger partial charge on any atom is -0.506 e. The highest BCUT2D eigenvalue weighted by atomic mass is 16.5. The fourth-order valence-corrected chi connectivity index (χ4v) is 1.25. The zero-order valence-electron chi connectivity index (χ0n) is 7.98. The van der Waals surface area contributed by atoms with Gasteiger partial charge in [0.2, 0.25) is 0 Å². The van der Waals surface area contributed by atoms with Crippen LogP contribution in [-0.2, 0) is 14.3 Å². The molecule has 0 aromatic heterocycles. The van der Waals surface area contributed by atoms with E-state index in [-0.39, 0.29) is 23.5 Å². The lowest BCUT2D eigenvalue weighted by Gasteiger charge is -2.21. The summed E-state index contributed by atoms with van der Waals surface area (Å²) in [6, 6.07) is 0. The van der Waals surface area contributed by atoms with Crippen LogP contribution >= 0.6 is 0 Å². The number of ether oxygens (including phenoxy) is 2. The quantitative estimate of drug-likeness (QED) is 0.705. The van der Waals surface area contributed by atoms with E-state index in [0.29, 0.717) is 0 Å². The maximum atomic E-state index is 10.7. The molecule has 1 rings (SSSR count). The van der Waals surface area contributed by atoms with Gasteiger partial charge in [0.25, 0.3) is 0 Å². The molecule has 0 saturated carbocycles. The van der Waals surface area contributed by atoms with Crippen molar-refractivity contribution in [1.29, 1.82) is 0 Å². The van der Waals surface area contributed by atoms with Gasteiger partial charge in [-0.25, -0.2) is 4.79 Å². The van der Waals surface area contributed by atoms with Crippen molar-refractivity contribution in [2.45, 2.75) is 12.5 Å². The maximum Gasteiger partial charge on any atom is 0.331 e. The lowest BCUT2D eigenvalue weighted by Crippen LogP contribution is -2.23. The Bertz CT molecular complexity index is 302. The van der Waals surface area contributed by atoms with Gasteiger partial charge < -0.3 is 19.7 Å². The maximum absolute atomic E-state index is 10.7. The largest absolute Gasteiger partial charge is 0.506 e. The Morgan fingerprint density at radius 2 is 2.21 bits per heavy atom. The zero-order valence-corrected chi connectivity index (χ0v) is 7.98. The van der Waals surface area contributed by atoms with Crippen LogP contribution in [0, 0.1) is 0 Å². The molecule has 0 heterocycles. The van der Waals surface area contributed by atoms with Crippen molar-refractivity contribution in [1.82, 2.24) is 0 Å². The molecule has 1 atom stereocenters. The third kappa shape index (κ3) is 1.88. The molecule has 0 spiro atoms. The Morgan fingerprint density at radius 3 is 2.64 bits per heavy atom. The average Bonchev–Trinajstić information content (AvgIpc) is 2.17. The number of aliphatic hydroxyl groups is 1. The van der Waals surface area contributed by atoms with E-state index in [4.69, 9.17) is 14.6 Å². The Morgan fingerprint density at radius 1 is 1.57 bits per heavy atom. The van der Waals surface area contributed by atoms with Crippen molar-refractivity contribution in [3.05, 3.63) is 23.2 Å². The van der Waals surface area contributed by atoms with E-state index in [2.05, 4.69) is 0 Å². The van der Waals surface area contributed by atoms with Crippen LogP contribution < -0.4 is 0 Å². The van der Waals surface area contributed by atoms with Crippen molar-refractivity contribution >= 4 is 5.97 Å². The molecule has 0 aromatic carbocycles. The van der Waals surface area contributed by atoms with Gasteiger partial charge in [-0.05, 0) is 6.08 Å². The normalized spacial score (nSPS) is 21.9. The lowest BCUT2D eigenvalue weighted by molar-refractivity contribution is -0.133. The number of methoxy groups -OCH3 is 2. The van der Waals surface area contributed by atoms with Gasteiger partial charge in [-0.2, -0.15) is 0 Å². The van der Waals surface area contributed by atoms with E-state index in [1.54, 1.807) is 0 Å². The summed E-state index contributed by atoms with van der Waals surface area (Å²) in [5.74, 6) is -0.963. The van der Waals surface area contributed by atoms with E-state index in [9.17, 15) is 9.90 Å². The number of allylic oxidation sites excluding steroid dienone is 1. The van der Waals surface area contributed by atoms with Crippen LogP contribution in [0.15, 0.2) is 23.2 Å². The molecule has 14 heavy (non-hydrogen) atoms. The van der Waals surface area contributed by atoms with Gasteiger partial charge in [0.1, 0.15) is 6.10 Å². The third-order valence-corrected chi connectivity index (χ3v) is 2.05. The molecule has 0 saturated heterocycles. The van der Waals surface area contributed by atoms with Gasteiger partial charge in [0, 0.05) is 19.1 Å². The van der Waals surface area contributed by atoms with Gasteiger partial charge >= 0.3 is 5.97 Å². The molecular formula is C9H12O5. The fraction of sp³-hybridized carbons (Fsp3) is 0.444. The van der Waals surface area contributed by atoms with E-state index in [1.165, 1.54) is 20.3 Å². The third-order valence-electron chi connectivity index (χ3n) is 2.05. The van der Waals surface area contributed by atoms with Crippen LogP contribution in [-0.4, -0.2) is 36.5 Å². The second-order valence-electron chi connectivity index (χ2n) is 2.86. The first-order valence-electron chi connectivity index (χ1n) is 4.04. The first-order chi connectivity index (χ1) is 6.60. The number of aliphatic hydroxyl groups excluding tert-OH is 1. The predicted molar refractivity (Wildman–Crippen MR) is 47.8 cm³/mol. The van der Waals surface area contributed by atoms with Crippen LogP contribution in [0.5, 0.6) is 0 Å². The molecule has 1 aliphatic rings. The van der Waals surface area contributed by atoms with Crippen LogP contribution in [0.2, 0.25) is 0 Å².